The van der Waals surface area contributed by atoms with E-state index >= 15 is 0 Å². The van der Waals surface area contributed by atoms with Crippen LogP contribution in [0, 0.1) is 6.92 Å². The van der Waals surface area contributed by atoms with E-state index < -0.39 is 0 Å². The number of ether oxygens (including phenoxy) is 2. The average Bonchev–Trinajstić information content (AvgIpc) is 2.34. The van der Waals surface area contributed by atoms with E-state index in [4.69, 9.17) is 15.2 Å². The van der Waals surface area contributed by atoms with Crippen molar-refractivity contribution in [1.82, 2.24) is 5.32 Å². The topological polar surface area (TPSA) is 56.5 Å². The van der Waals surface area contributed by atoms with Crippen molar-refractivity contribution in [2.75, 3.05) is 27.3 Å². The van der Waals surface area contributed by atoms with Gasteiger partial charge in [0.25, 0.3) is 0 Å². The molecular formula is C13H22N2O2. The maximum atomic E-state index is 6.17. The summed E-state index contributed by atoms with van der Waals surface area (Å²) < 4.78 is 10.6. The van der Waals surface area contributed by atoms with Gasteiger partial charge in [0, 0.05) is 24.2 Å². The number of hydrogen-bond acceptors (Lipinski definition) is 4. The molecule has 0 aliphatic heterocycles. The normalized spacial score (nSPS) is 12.3. The molecule has 4 heteroatoms. The first kappa shape index (κ1) is 13.8. The van der Waals surface area contributed by atoms with E-state index in [2.05, 4.69) is 12.2 Å². The fraction of sp³-hybridized carbons (Fsp3) is 0.538. The average molecular weight is 238 g/mol. The molecule has 0 amide bonds. The second-order valence-corrected chi connectivity index (χ2v) is 3.97. The number of methoxy groups -OCH3 is 2. The van der Waals surface area contributed by atoms with Crippen LogP contribution in [0.1, 0.15) is 24.1 Å². The Hall–Kier alpha value is -1.26. The standard InChI is InChI=1S/C13H22N2O2/c1-5-15-8-11(14)13-9(2)6-10(16-3)7-12(13)17-4/h6-7,11,15H,5,8,14H2,1-4H3. The zero-order chi connectivity index (χ0) is 12.8. The van der Waals surface area contributed by atoms with Crippen LogP contribution in [0.4, 0.5) is 0 Å². The lowest BCUT2D eigenvalue weighted by Gasteiger charge is -2.19. The van der Waals surface area contributed by atoms with E-state index in [0.717, 1.165) is 35.7 Å². The van der Waals surface area contributed by atoms with Gasteiger partial charge in [-0.15, -0.1) is 0 Å². The fourth-order valence-electron chi connectivity index (χ4n) is 1.90. The molecule has 0 radical (unpaired) electrons. The van der Waals surface area contributed by atoms with Crippen molar-refractivity contribution in [2.24, 2.45) is 5.73 Å². The van der Waals surface area contributed by atoms with Crippen molar-refractivity contribution in [3.05, 3.63) is 23.3 Å². The van der Waals surface area contributed by atoms with Crippen LogP contribution in [0.25, 0.3) is 0 Å². The van der Waals surface area contributed by atoms with E-state index in [0.29, 0.717) is 0 Å². The lowest BCUT2D eigenvalue weighted by atomic mass is 10.00. The molecule has 1 rings (SSSR count). The molecule has 0 heterocycles. The van der Waals surface area contributed by atoms with E-state index in [1.165, 1.54) is 0 Å². The summed E-state index contributed by atoms with van der Waals surface area (Å²) in [5, 5.41) is 3.24. The van der Waals surface area contributed by atoms with Crippen LogP contribution in [-0.4, -0.2) is 27.3 Å². The Morgan fingerprint density at radius 1 is 1.29 bits per heavy atom. The zero-order valence-electron chi connectivity index (χ0n) is 11.0. The molecule has 1 atom stereocenters. The predicted octanol–water partition coefficient (Wildman–Crippen LogP) is 1.62. The summed E-state index contributed by atoms with van der Waals surface area (Å²) in [6.45, 7) is 5.72. The minimum Gasteiger partial charge on any atom is -0.497 e. The van der Waals surface area contributed by atoms with Gasteiger partial charge < -0.3 is 20.5 Å². The van der Waals surface area contributed by atoms with Crippen molar-refractivity contribution in [2.45, 2.75) is 19.9 Å². The molecule has 3 N–H and O–H groups in total. The highest BCUT2D eigenvalue weighted by Crippen LogP contribution is 2.31. The predicted molar refractivity (Wildman–Crippen MR) is 69.8 cm³/mol. The summed E-state index contributed by atoms with van der Waals surface area (Å²) in [6, 6.07) is 3.77. The van der Waals surface area contributed by atoms with Crippen LogP contribution in [-0.2, 0) is 0 Å². The van der Waals surface area contributed by atoms with Gasteiger partial charge >= 0.3 is 0 Å². The van der Waals surface area contributed by atoms with Gasteiger partial charge in [-0.1, -0.05) is 6.92 Å². The molecule has 0 fully saturated rings. The fourth-order valence-corrected chi connectivity index (χ4v) is 1.90. The molecule has 0 saturated heterocycles. The molecule has 0 aliphatic rings. The van der Waals surface area contributed by atoms with Crippen molar-refractivity contribution >= 4 is 0 Å². The first-order chi connectivity index (χ1) is 8.13. The molecule has 0 aliphatic carbocycles. The lowest BCUT2D eigenvalue weighted by Crippen LogP contribution is -2.27. The van der Waals surface area contributed by atoms with Gasteiger partial charge in [0.1, 0.15) is 11.5 Å². The van der Waals surface area contributed by atoms with Crippen molar-refractivity contribution in [3.8, 4) is 11.5 Å². The van der Waals surface area contributed by atoms with Crippen LogP contribution in [0.15, 0.2) is 12.1 Å². The summed E-state index contributed by atoms with van der Waals surface area (Å²) in [6.07, 6.45) is 0. The molecule has 0 spiro atoms. The van der Waals surface area contributed by atoms with Crippen LogP contribution in [0.5, 0.6) is 11.5 Å². The summed E-state index contributed by atoms with van der Waals surface area (Å²) in [5.74, 6) is 1.58. The third kappa shape index (κ3) is 3.35. The molecule has 1 aromatic rings. The van der Waals surface area contributed by atoms with Gasteiger partial charge in [-0.25, -0.2) is 0 Å². The summed E-state index contributed by atoms with van der Waals surface area (Å²) >= 11 is 0. The lowest BCUT2D eigenvalue weighted by molar-refractivity contribution is 0.387. The van der Waals surface area contributed by atoms with Crippen LogP contribution >= 0.6 is 0 Å². The van der Waals surface area contributed by atoms with Crippen molar-refractivity contribution in [1.29, 1.82) is 0 Å². The largest absolute Gasteiger partial charge is 0.497 e. The number of nitrogens with one attached hydrogen (secondary N) is 1. The Bertz CT molecular complexity index is 367. The molecule has 96 valence electrons. The Morgan fingerprint density at radius 3 is 2.53 bits per heavy atom. The summed E-state index contributed by atoms with van der Waals surface area (Å²) in [4.78, 5) is 0. The number of rotatable bonds is 6. The van der Waals surface area contributed by atoms with Gasteiger partial charge in [0.15, 0.2) is 0 Å². The second-order valence-electron chi connectivity index (χ2n) is 3.97. The van der Waals surface area contributed by atoms with Crippen LogP contribution in [0.3, 0.4) is 0 Å². The highest BCUT2D eigenvalue weighted by molar-refractivity contribution is 5.47. The highest BCUT2D eigenvalue weighted by atomic mass is 16.5. The smallest absolute Gasteiger partial charge is 0.127 e. The Labute approximate surface area is 103 Å². The van der Waals surface area contributed by atoms with E-state index in [9.17, 15) is 0 Å². The van der Waals surface area contributed by atoms with E-state index in [1.54, 1.807) is 14.2 Å². The number of nitrogens with two attached hydrogens (primary N) is 1. The molecule has 0 bridgehead atoms. The number of hydrogen-bond donors (Lipinski definition) is 2. The molecule has 0 aromatic heterocycles. The van der Waals surface area contributed by atoms with Crippen molar-refractivity contribution < 1.29 is 9.47 Å². The first-order valence-corrected chi connectivity index (χ1v) is 5.82. The maximum absolute atomic E-state index is 6.17. The summed E-state index contributed by atoms with van der Waals surface area (Å²) in [5.41, 5.74) is 8.29. The zero-order valence-corrected chi connectivity index (χ0v) is 11.0. The molecule has 1 unspecified atom stereocenters. The van der Waals surface area contributed by atoms with Gasteiger partial charge in [0.2, 0.25) is 0 Å². The van der Waals surface area contributed by atoms with Crippen LogP contribution in [0.2, 0.25) is 0 Å². The third-order valence-electron chi connectivity index (χ3n) is 2.76. The summed E-state index contributed by atoms with van der Waals surface area (Å²) in [7, 11) is 3.30. The Kier molecular flexibility index (Phi) is 5.25. The monoisotopic (exact) mass is 238 g/mol. The van der Waals surface area contributed by atoms with Crippen molar-refractivity contribution in [3.63, 3.8) is 0 Å². The van der Waals surface area contributed by atoms with Gasteiger partial charge in [-0.3, -0.25) is 0 Å². The van der Waals surface area contributed by atoms with Crippen LogP contribution < -0.4 is 20.5 Å². The van der Waals surface area contributed by atoms with Gasteiger partial charge in [-0.05, 0) is 25.1 Å². The molecule has 4 nitrogen and oxygen atoms in total. The molecular weight excluding hydrogens is 216 g/mol. The Balaban J connectivity index is 3.04. The molecule has 17 heavy (non-hydrogen) atoms. The third-order valence-corrected chi connectivity index (χ3v) is 2.76. The minimum atomic E-state index is -0.0733. The minimum absolute atomic E-state index is 0.0733. The number of aryl methyl sites for hydroxylation is 1. The van der Waals surface area contributed by atoms with E-state index in [-0.39, 0.29) is 6.04 Å². The molecule has 1 aromatic carbocycles. The van der Waals surface area contributed by atoms with Gasteiger partial charge in [-0.2, -0.15) is 0 Å². The van der Waals surface area contributed by atoms with E-state index in [1.807, 2.05) is 19.1 Å². The highest BCUT2D eigenvalue weighted by Gasteiger charge is 2.15. The number of benzene rings is 1. The quantitative estimate of drug-likeness (QED) is 0.790. The SMILES string of the molecule is CCNCC(N)c1c(C)cc(OC)cc1OC. The first-order valence-electron chi connectivity index (χ1n) is 5.82. The maximum Gasteiger partial charge on any atom is 0.127 e. The Morgan fingerprint density at radius 2 is 2.00 bits per heavy atom. The molecule has 0 saturated carbocycles. The number of likely N-dealkylation sites (N-methyl/N-ethyl adjacent to an activating group) is 1. The second kappa shape index (κ2) is 6.47. The van der Waals surface area contributed by atoms with Gasteiger partial charge in [0.05, 0.1) is 14.2 Å².